The Morgan fingerprint density at radius 1 is 0.931 bits per heavy atom. The molecule has 2 aromatic rings. The summed E-state index contributed by atoms with van der Waals surface area (Å²) in [6.07, 6.45) is 0.971. The molecule has 0 N–H and O–H groups in total. The molecular weight excluding hydrogens is 370 g/mol. The zero-order valence-electron chi connectivity index (χ0n) is 16.9. The Morgan fingerprint density at radius 2 is 1.59 bits per heavy atom. The van der Waals surface area contributed by atoms with Gasteiger partial charge in [-0.05, 0) is 44.9 Å². The molecule has 0 aromatic heterocycles. The number of nitrogens with zero attached hydrogens (tertiary/aromatic N) is 1. The molecule has 0 saturated carbocycles. The third-order valence-corrected chi connectivity index (χ3v) is 4.75. The van der Waals surface area contributed by atoms with Crippen molar-refractivity contribution in [2.75, 3.05) is 26.3 Å². The first-order valence-corrected chi connectivity index (χ1v) is 10.1. The molecule has 2 aromatic carbocycles. The van der Waals surface area contributed by atoms with E-state index in [1.54, 1.807) is 35.2 Å². The van der Waals surface area contributed by atoms with Gasteiger partial charge in [-0.2, -0.15) is 0 Å². The van der Waals surface area contributed by atoms with Crippen LogP contribution in [0.2, 0.25) is 0 Å². The third kappa shape index (κ3) is 5.08. The van der Waals surface area contributed by atoms with Crippen molar-refractivity contribution in [3.63, 3.8) is 0 Å². The van der Waals surface area contributed by atoms with Gasteiger partial charge in [0.2, 0.25) is 6.10 Å². The van der Waals surface area contributed by atoms with Crippen molar-refractivity contribution in [3.05, 3.63) is 59.7 Å². The number of esters is 1. The normalized spacial score (nSPS) is 14.3. The van der Waals surface area contributed by atoms with Gasteiger partial charge in [-0.1, -0.05) is 30.3 Å². The largest absolute Gasteiger partial charge is 0.490 e. The van der Waals surface area contributed by atoms with Crippen molar-refractivity contribution in [2.24, 2.45) is 0 Å². The van der Waals surface area contributed by atoms with Gasteiger partial charge in [0.1, 0.15) is 0 Å². The number of carbonyl (C=O) groups excluding carboxylic acids is 2. The Balaban J connectivity index is 1.84. The van der Waals surface area contributed by atoms with Crippen LogP contribution in [0.5, 0.6) is 11.5 Å². The van der Waals surface area contributed by atoms with Crippen molar-refractivity contribution in [1.82, 2.24) is 4.90 Å². The molecule has 1 atom stereocenters. The molecule has 6 nitrogen and oxygen atoms in total. The lowest BCUT2D eigenvalue weighted by Gasteiger charge is -2.23. The highest BCUT2D eigenvalue weighted by molar-refractivity contribution is 5.93. The van der Waals surface area contributed by atoms with E-state index in [0.717, 1.165) is 12.8 Å². The molecular formula is C23H27NO5. The Bertz CT molecular complexity index is 830. The number of benzene rings is 2. The average Bonchev–Trinajstić information content (AvgIpc) is 3.28. The molecule has 0 unspecified atom stereocenters. The van der Waals surface area contributed by atoms with Gasteiger partial charge in [-0.15, -0.1) is 0 Å². The molecule has 0 aliphatic carbocycles. The fraction of sp³-hybridized carbons (Fsp3) is 0.391. The average molecular weight is 397 g/mol. The molecule has 0 radical (unpaired) electrons. The number of rotatable bonds is 8. The highest BCUT2D eigenvalue weighted by Gasteiger charge is 2.31. The lowest BCUT2D eigenvalue weighted by molar-refractivity contribution is -0.140. The van der Waals surface area contributed by atoms with Crippen LogP contribution in [0.15, 0.2) is 48.5 Å². The molecule has 3 rings (SSSR count). The standard InChI is InChI=1S/C23H27NO5/c1-3-27-19-13-12-18(16-20(19)28-4-2)23(26)29-21(17-10-6-5-7-11-17)22(25)24-14-8-9-15-24/h5-7,10-13,16,21H,3-4,8-9,14-15H2,1-2H3/t21-/m1/s1. The number of ether oxygens (including phenoxy) is 3. The van der Waals surface area contributed by atoms with Crippen LogP contribution in [-0.4, -0.2) is 43.1 Å². The topological polar surface area (TPSA) is 65.1 Å². The summed E-state index contributed by atoms with van der Waals surface area (Å²) in [6.45, 7) is 6.06. The molecule has 0 bridgehead atoms. The van der Waals surface area contributed by atoms with Crippen LogP contribution in [0.1, 0.15) is 48.7 Å². The quantitative estimate of drug-likeness (QED) is 0.630. The van der Waals surface area contributed by atoms with E-state index in [2.05, 4.69) is 0 Å². The second kappa shape index (κ2) is 9.96. The zero-order chi connectivity index (χ0) is 20.6. The summed E-state index contributed by atoms with van der Waals surface area (Å²) in [4.78, 5) is 27.7. The molecule has 1 heterocycles. The van der Waals surface area contributed by atoms with Crippen molar-refractivity contribution in [3.8, 4) is 11.5 Å². The predicted molar refractivity (Wildman–Crippen MR) is 109 cm³/mol. The van der Waals surface area contributed by atoms with E-state index in [1.807, 2.05) is 32.0 Å². The molecule has 29 heavy (non-hydrogen) atoms. The number of hydrogen-bond acceptors (Lipinski definition) is 5. The summed E-state index contributed by atoms with van der Waals surface area (Å²) in [5, 5.41) is 0. The summed E-state index contributed by atoms with van der Waals surface area (Å²) < 4.78 is 16.8. The second-order valence-corrected chi connectivity index (χ2v) is 6.76. The molecule has 1 aliphatic heterocycles. The van der Waals surface area contributed by atoms with Gasteiger partial charge in [0.25, 0.3) is 5.91 Å². The van der Waals surface area contributed by atoms with Gasteiger partial charge in [0.15, 0.2) is 11.5 Å². The molecule has 1 amide bonds. The third-order valence-electron chi connectivity index (χ3n) is 4.75. The molecule has 1 saturated heterocycles. The fourth-order valence-corrected chi connectivity index (χ4v) is 3.35. The minimum atomic E-state index is -0.969. The van der Waals surface area contributed by atoms with Crippen LogP contribution in [0.3, 0.4) is 0 Å². The Kier molecular flexibility index (Phi) is 7.11. The van der Waals surface area contributed by atoms with Gasteiger partial charge in [0, 0.05) is 18.7 Å². The summed E-state index contributed by atoms with van der Waals surface area (Å²) in [5.74, 6) is 0.290. The fourth-order valence-electron chi connectivity index (χ4n) is 3.35. The van der Waals surface area contributed by atoms with Crippen LogP contribution in [0, 0.1) is 0 Å². The summed E-state index contributed by atoms with van der Waals surface area (Å²) in [6, 6.07) is 14.0. The first-order chi connectivity index (χ1) is 14.1. The molecule has 1 fully saturated rings. The van der Waals surface area contributed by atoms with Crippen LogP contribution >= 0.6 is 0 Å². The predicted octanol–water partition coefficient (Wildman–Crippen LogP) is 4.00. The highest BCUT2D eigenvalue weighted by Crippen LogP contribution is 2.30. The smallest absolute Gasteiger partial charge is 0.339 e. The van der Waals surface area contributed by atoms with Crippen LogP contribution in [-0.2, 0) is 9.53 Å². The van der Waals surface area contributed by atoms with Gasteiger partial charge in [-0.25, -0.2) is 4.79 Å². The lowest BCUT2D eigenvalue weighted by Crippen LogP contribution is -2.34. The van der Waals surface area contributed by atoms with Crippen molar-refractivity contribution in [1.29, 1.82) is 0 Å². The van der Waals surface area contributed by atoms with Gasteiger partial charge < -0.3 is 19.1 Å². The molecule has 154 valence electrons. The van der Waals surface area contributed by atoms with E-state index in [9.17, 15) is 9.59 Å². The van der Waals surface area contributed by atoms with Gasteiger partial charge in [-0.3, -0.25) is 4.79 Å². The lowest BCUT2D eigenvalue weighted by atomic mass is 10.1. The summed E-state index contributed by atoms with van der Waals surface area (Å²) >= 11 is 0. The maximum absolute atomic E-state index is 13.0. The van der Waals surface area contributed by atoms with E-state index < -0.39 is 12.1 Å². The Labute approximate surface area is 171 Å². The minimum Gasteiger partial charge on any atom is -0.490 e. The van der Waals surface area contributed by atoms with Gasteiger partial charge in [0.05, 0.1) is 18.8 Å². The minimum absolute atomic E-state index is 0.182. The van der Waals surface area contributed by atoms with E-state index >= 15 is 0 Å². The second-order valence-electron chi connectivity index (χ2n) is 6.76. The summed E-state index contributed by atoms with van der Waals surface area (Å²) in [5.41, 5.74) is 0.973. The molecule has 1 aliphatic rings. The van der Waals surface area contributed by atoms with Crippen LogP contribution < -0.4 is 9.47 Å². The first-order valence-electron chi connectivity index (χ1n) is 10.1. The Hall–Kier alpha value is -3.02. The SMILES string of the molecule is CCOc1ccc(C(=O)O[C@@H](C(=O)N2CCCC2)c2ccccc2)cc1OCC. The molecule has 6 heteroatoms. The zero-order valence-corrected chi connectivity index (χ0v) is 16.9. The van der Waals surface area contributed by atoms with E-state index in [4.69, 9.17) is 14.2 Å². The maximum atomic E-state index is 13.0. The van der Waals surface area contributed by atoms with Crippen LogP contribution in [0.4, 0.5) is 0 Å². The number of carbonyl (C=O) groups is 2. The van der Waals surface area contributed by atoms with E-state index in [0.29, 0.717) is 48.9 Å². The van der Waals surface area contributed by atoms with Crippen LogP contribution in [0.25, 0.3) is 0 Å². The Morgan fingerprint density at radius 3 is 2.24 bits per heavy atom. The summed E-state index contributed by atoms with van der Waals surface area (Å²) in [7, 11) is 0. The first kappa shape index (κ1) is 20.7. The highest BCUT2D eigenvalue weighted by atomic mass is 16.5. The van der Waals surface area contributed by atoms with Crippen molar-refractivity contribution >= 4 is 11.9 Å². The number of amides is 1. The van der Waals surface area contributed by atoms with Crippen molar-refractivity contribution < 1.29 is 23.8 Å². The van der Waals surface area contributed by atoms with E-state index in [1.165, 1.54) is 0 Å². The number of likely N-dealkylation sites (tertiary alicyclic amines) is 1. The number of hydrogen-bond donors (Lipinski definition) is 0. The monoisotopic (exact) mass is 397 g/mol. The van der Waals surface area contributed by atoms with Gasteiger partial charge >= 0.3 is 5.97 Å². The molecule has 0 spiro atoms. The maximum Gasteiger partial charge on any atom is 0.339 e. The van der Waals surface area contributed by atoms with E-state index in [-0.39, 0.29) is 5.91 Å². The van der Waals surface area contributed by atoms with Crippen molar-refractivity contribution in [2.45, 2.75) is 32.8 Å².